The predicted molar refractivity (Wildman–Crippen MR) is 47.9 cm³/mol. The lowest BCUT2D eigenvalue weighted by Gasteiger charge is -2.15. The highest BCUT2D eigenvalue weighted by Crippen LogP contribution is 1.86. The summed E-state index contributed by atoms with van der Waals surface area (Å²) >= 11 is 0. The van der Waals surface area contributed by atoms with E-state index in [9.17, 15) is 4.79 Å². The van der Waals surface area contributed by atoms with Crippen LogP contribution >= 0.6 is 0 Å². The Kier molecular flexibility index (Phi) is 5.51. The van der Waals surface area contributed by atoms with Crippen molar-refractivity contribution in [1.82, 2.24) is 4.90 Å². The minimum Gasteiger partial charge on any atom is -0.329 e. The van der Waals surface area contributed by atoms with Gasteiger partial charge in [0.05, 0.1) is 6.54 Å². The van der Waals surface area contributed by atoms with Gasteiger partial charge in [-0.25, -0.2) is 0 Å². The first-order valence-electron chi connectivity index (χ1n) is 3.61. The molecule has 0 unspecified atom stereocenters. The Hall–Kier alpha value is -1.45. The maximum Gasteiger partial charge on any atom is 0.299 e. The molecule has 0 aromatic rings. The van der Waals surface area contributed by atoms with Crippen LogP contribution in [0.4, 0.5) is 0 Å². The third kappa shape index (κ3) is 3.65. The van der Waals surface area contributed by atoms with Crippen molar-refractivity contribution in [3.63, 3.8) is 0 Å². The molecule has 12 heavy (non-hydrogen) atoms. The van der Waals surface area contributed by atoms with Crippen molar-refractivity contribution in [3.8, 4) is 24.2 Å². The Balaban J connectivity index is 4.17. The molecule has 0 saturated heterocycles. The Morgan fingerprint density at radius 3 is 2.75 bits per heavy atom. The van der Waals surface area contributed by atoms with Crippen molar-refractivity contribution in [3.05, 3.63) is 0 Å². The molecule has 3 nitrogen and oxygen atoms in total. The molecular weight excluding hydrogens is 152 g/mol. The van der Waals surface area contributed by atoms with E-state index in [1.165, 1.54) is 4.90 Å². The fourth-order valence-electron chi connectivity index (χ4n) is 0.704. The molecule has 1 amide bonds. The van der Waals surface area contributed by atoms with Crippen LogP contribution in [0, 0.1) is 24.2 Å². The summed E-state index contributed by atoms with van der Waals surface area (Å²) in [4.78, 5) is 12.6. The third-order valence-corrected chi connectivity index (χ3v) is 1.20. The average molecular weight is 164 g/mol. The maximum absolute atomic E-state index is 11.1. The van der Waals surface area contributed by atoms with Gasteiger partial charge >= 0.3 is 0 Å². The number of hydrogen-bond acceptors (Lipinski definition) is 2. The molecule has 0 aliphatic heterocycles. The van der Waals surface area contributed by atoms with Crippen LogP contribution in [0.3, 0.4) is 0 Å². The van der Waals surface area contributed by atoms with E-state index in [1.807, 2.05) is 0 Å². The number of carbonyl (C=O) groups excluding carboxylic acids is 1. The first-order chi connectivity index (χ1) is 5.76. The number of carbonyl (C=O) groups is 1. The Labute approximate surface area is 72.9 Å². The first-order valence-corrected chi connectivity index (χ1v) is 3.61. The number of terminal acetylenes is 1. The maximum atomic E-state index is 11.1. The van der Waals surface area contributed by atoms with E-state index in [-0.39, 0.29) is 12.5 Å². The smallest absolute Gasteiger partial charge is 0.299 e. The van der Waals surface area contributed by atoms with Gasteiger partial charge in [-0.1, -0.05) is 11.8 Å². The second-order valence-corrected chi connectivity index (χ2v) is 2.09. The number of nitrogens with two attached hydrogens (primary N) is 1. The topological polar surface area (TPSA) is 46.3 Å². The quantitative estimate of drug-likeness (QED) is 0.568. The van der Waals surface area contributed by atoms with E-state index in [0.717, 1.165) is 0 Å². The van der Waals surface area contributed by atoms with E-state index < -0.39 is 0 Å². The molecule has 0 radical (unpaired) electrons. The van der Waals surface area contributed by atoms with Crippen molar-refractivity contribution >= 4 is 5.91 Å². The molecule has 2 N–H and O–H groups in total. The van der Waals surface area contributed by atoms with E-state index in [1.54, 1.807) is 6.92 Å². The van der Waals surface area contributed by atoms with E-state index in [0.29, 0.717) is 13.1 Å². The minimum atomic E-state index is -0.263. The van der Waals surface area contributed by atoms with Gasteiger partial charge in [0.25, 0.3) is 5.91 Å². The predicted octanol–water partition coefficient (Wildman–Crippen LogP) is -0.570. The molecule has 64 valence electrons. The van der Waals surface area contributed by atoms with Gasteiger partial charge in [-0.05, 0) is 12.8 Å². The molecule has 0 aliphatic rings. The zero-order chi connectivity index (χ0) is 9.40. The Morgan fingerprint density at radius 1 is 1.67 bits per heavy atom. The SMILES string of the molecule is C#CCN(CCN)C(=O)C#CC. The molecule has 0 heterocycles. The normalized spacial score (nSPS) is 7.75. The summed E-state index contributed by atoms with van der Waals surface area (Å²) in [7, 11) is 0. The van der Waals surface area contributed by atoms with Crippen molar-refractivity contribution in [2.45, 2.75) is 6.92 Å². The van der Waals surface area contributed by atoms with Gasteiger partial charge in [0.15, 0.2) is 0 Å². The zero-order valence-electron chi connectivity index (χ0n) is 7.13. The molecule has 0 fully saturated rings. The van der Waals surface area contributed by atoms with Gasteiger partial charge in [0.1, 0.15) is 0 Å². The molecular formula is C9H12N2O. The summed E-state index contributed by atoms with van der Waals surface area (Å²) in [6.45, 7) is 2.73. The number of hydrogen-bond donors (Lipinski definition) is 1. The van der Waals surface area contributed by atoms with Crippen LogP contribution in [0.2, 0.25) is 0 Å². The second kappa shape index (κ2) is 6.27. The Morgan fingerprint density at radius 2 is 2.33 bits per heavy atom. The van der Waals surface area contributed by atoms with Crippen LogP contribution in [0.25, 0.3) is 0 Å². The summed E-state index contributed by atoms with van der Waals surface area (Å²) < 4.78 is 0. The summed E-state index contributed by atoms with van der Waals surface area (Å²) in [5, 5.41) is 0. The lowest BCUT2D eigenvalue weighted by Crippen LogP contribution is -2.34. The van der Waals surface area contributed by atoms with E-state index >= 15 is 0 Å². The summed E-state index contributed by atoms with van der Waals surface area (Å²) in [6.07, 6.45) is 5.06. The largest absolute Gasteiger partial charge is 0.329 e. The van der Waals surface area contributed by atoms with Crippen LogP contribution in [0.5, 0.6) is 0 Å². The summed E-state index contributed by atoms with van der Waals surface area (Å²) in [6, 6.07) is 0. The van der Waals surface area contributed by atoms with Crippen LogP contribution in [0.15, 0.2) is 0 Å². The van der Waals surface area contributed by atoms with Gasteiger partial charge in [-0.3, -0.25) is 4.79 Å². The summed E-state index contributed by atoms with van der Waals surface area (Å²) in [5.74, 6) is 7.03. The Bertz CT molecular complexity index is 241. The lowest BCUT2D eigenvalue weighted by atomic mass is 10.4. The van der Waals surface area contributed by atoms with Gasteiger partial charge in [-0.15, -0.1) is 6.42 Å². The molecule has 0 atom stereocenters. The highest BCUT2D eigenvalue weighted by molar-refractivity contribution is 5.93. The number of rotatable bonds is 3. The molecule has 3 heteroatoms. The van der Waals surface area contributed by atoms with Crippen LogP contribution in [-0.4, -0.2) is 30.4 Å². The number of nitrogens with zero attached hydrogens (tertiary/aromatic N) is 1. The van der Waals surface area contributed by atoms with Crippen LogP contribution in [-0.2, 0) is 4.79 Å². The van der Waals surface area contributed by atoms with Crippen molar-refractivity contribution in [1.29, 1.82) is 0 Å². The van der Waals surface area contributed by atoms with E-state index in [4.69, 9.17) is 12.2 Å². The first kappa shape index (κ1) is 10.6. The van der Waals surface area contributed by atoms with Crippen LogP contribution < -0.4 is 5.73 Å². The minimum absolute atomic E-state index is 0.263. The molecule has 0 aliphatic carbocycles. The highest BCUT2D eigenvalue weighted by Gasteiger charge is 2.06. The monoisotopic (exact) mass is 164 g/mol. The molecule has 0 spiro atoms. The average Bonchev–Trinajstić information content (AvgIpc) is 2.04. The second-order valence-electron chi connectivity index (χ2n) is 2.09. The number of amides is 1. The standard InChI is InChI=1S/C9H12N2O/c1-3-5-9(12)11(7-4-2)8-6-10/h2H,6-8,10H2,1H3. The van der Waals surface area contributed by atoms with Crippen molar-refractivity contribution < 1.29 is 4.79 Å². The molecule has 0 aromatic heterocycles. The molecule has 0 aromatic carbocycles. The van der Waals surface area contributed by atoms with Crippen molar-refractivity contribution in [2.75, 3.05) is 19.6 Å². The van der Waals surface area contributed by atoms with Gasteiger partial charge in [-0.2, -0.15) is 0 Å². The van der Waals surface area contributed by atoms with Gasteiger partial charge in [0.2, 0.25) is 0 Å². The molecule has 0 bridgehead atoms. The fraction of sp³-hybridized carbons (Fsp3) is 0.444. The molecule has 0 rings (SSSR count). The summed E-state index contributed by atoms with van der Waals surface area (Å²) in [5.41, 5.74) is 5.28. The zero-order valence-corrected chi connectivity index (χ0v) is 7.13. The molecule has 0 saturated carbocycles. The fourth-order valence-corrected chi connectivity index (χ4v) is 0.704. The van der Waals surface area contributed by atoms with E-state index in [2.05, 4.69) is 17.8 Å². The third-order valence-electron chi connectivity index (χ3n) is 1.20. The van der Waals surface area contributed by atoms with Crippen LogP contribution in [0.1, 0.15) is 6.92 Å². The van der Waals surface area contributed by atoms with Gasteiger partial charge < -0.3 is 10.6 Å². The van der Waals surface area contributed by atoms with Crippen molar-refractivity contribution in [2.24, 2.45) is 5.73 Å². The lowest BCUT2D eigenvalue weighted by molar-refractivity contribution is -0.124. The van der Waals surface area contributed by atoms with Gasteiger partial charge in [0, 0.05) is 13.1 Å². The highest BCUT2D eigenvalue weighted by atomic mass is 16.2.